The molecular formula is C24H39N3O4. The first-order valence-electron chi connectivity index (χ1n) is 10.8. The molecule has 0 radical (unpaired) electrons. The zero-order chi connectivity index (χ0) is 24.0. The Hall–Kier alpha value is -2.57. The lowest BCUT2D eigenvalue weighted by Crippen LogP contribution is -2.53. The van der Waals surface area contributed by atoms with Crippen LogP contribution in [0.2, 0.25) is 0 Å². The second-order valence-corrected chi connectivity index (χ2v) is 9.99. The summed E-state index contributed by atoms with van der Waals surface area (Å²) in [4.78, 5) is 39.9. The lowest BCUT2D eigenvalue weighted by Gasteiger charge is -2.36. The van der Waals surface area contributed by atoms with Gasteiger partial charge >= 0.3 is 6.09 Å². The van der Waals surface area contributed by atoms with Crippen molar-refractivity contribution in [3.05, 3.63) is 35.4 Å². The van der Waals surface area contributed by atoms with Gasteiger partial charge in [-0.3, -0.25) is 9.59 Å². The Morgan fingerprint density at radius 1 is 1.00 bits per heavy atom. The largest absolute Gasteiger partial charge is 0.444 e. The molecule has 174 valence electrons. The Bertz CT molecular complexity index is 759. The van der Waals surface area contributed by atoms with Crippen LogP contribution in [0, 0.1) is 0 Å². The number of rotatable bonds is 7. The van der Waals surface area contributed by atoms with Crippen LogP contribution in [-0.2, 0) is 20.7 Å². The van der Waals surface area contributed by atoms with Gasteiger partial charge < -0.3 is 20.3 Å². The molecule has 7 nitrogen and oxygen atoms in total. The van der Waals surface area contributed by atoms with Gasteiger partial charge in [-0.05, 0) is 72.9 Å². The minimum atomic E-state index is -0.821. The lowest BCUT2D eigenvalue weighted by atomic mass is 9.98. The molecule has 3 amide bonds. The van der Waals surface area contributed by atoms with Crippen LogP contribution in [0.1, 0.15) is 79.5 Å². The van der Waals surface area contributed by atoms with E-state index in [1.807, 2.05) is 58.9 Å². The maximum absolute atomic E-state index is 13.3. The smallest absolute Gasteiger partial charge is 0.408 e. The Kier molecular flexibility index (Phi) is 9.09. The number of nitrogens with one attached hydrogen (secondary N) is 2. The van der Waals surface area contributed by atoms with Gasteiger partial charge in [-0.25, -0.2) is 4.79 Å². The van der Waals surface area contributed by atoms with Crippen LogP contribution in [0.25, 0.3) is 0 Å². The van der Waals surface area contributed by atoms with Crippen molar-refractivity contribution in [1.29, 1.82) is 0 Å². The summed E-state index contributed by atoms with van der Waals surface area (Å²) < 4.78 is 5.21. The number of aryl methyl sites for hydroxylation is 1. The van der Waals surface area contributed by atoms with Crippen molar-refractivity contribution in [2.75, 3.05) is 6.54 Å². The van der Waals surface area contributed by atoms with Crippen molar-refractivity contribution in [2.45, 2.75) is 92.0 Å². The molecule has 1 atom stereocenters. The van der Waals surface area contributed by atoms with E-state index >= 15 is 0 Å². The van der Waals surface area contributed by atoms with Crippen molar-refractivity contribution in [2.24, 2.45) is 0 Å². The number of hydrogen-bond donors (Lipinski definition) is 2. The molecule has 31 heavy (non-hydrogen) atoms. The monoisotopic (exact) mass is 433 g/mol. The molecule has 0 fully saturated rings. The Labute approximate surface area is 186 Å². The average molecular weight is 434 g/mol. The number of alkyl carbamates (subject to hydrolysis) is 1. The highest BCUT2D eigenvalue weighted by Gasteiger charge is 2.35. The fraction of sp³-hybridized carbons (Fsp3) is 0.625. The summed E-state index contributed by atoms with van der Waals surface area (Å²) in [6.07, 6.45) is 0.207. The van der Waals surface area contributed by atoms with Gasteiger partial charge in [0.05, 0.1) is 0 Å². The zero-order valence-electron chi connectivity index (χ0n) is 20.5. The van der Waals surface area contributed by atoms with Gasteiger partial charge in [-0.1, -0.05) is 31.2 Å². The molecule has 1 unspecified atom stereocenters. The molecule has 0 heterocycles. The molecule has 0 saturated carbocycles. The van der Waals surface area contributed by atoms with Crippen LogP contribution in [0.5, 0.6) is 0 Å². The summed E-state index contributed by atoms with van der Waals surface area (Å²) in [5, 5.41) is 5.49. The normalized spacial score (nSPS) is 12.8. The highest BCUT2D eigenvalue weighted by Crippen LogP contribution is 2.25. The van der Waals surface area contributed by atoms with Crippen LogP contribution in [-0.4, -0.2) is 46.5 Å². The molecule has 0 saturated heterocycles. The zero-order valence-corrected chi connectivity index (χ0v) is 20.5. The van der Waals surface area contributed by atoms with Gasteiger partial charge in [0.1, 0.15) is 18.2 Å². The molecular weight excluding hydrogens is 394 g/mol. The molecule has 0 spiro atoms. The number of ether oxygens (including phenoxy) is 1. The third kappa shape index (κ3) is 8.99. The van der Waals surface area contributed by atoms with Crippen LogP contribution in [0.4, 0.5) is 4.79 Å². The molecule has 0 bridgehead atoms. The van der Waals surface area contributed by atoms with E-state index in [1.165, 1.54) is 4.90 Å². The van der Waals surface area contributed by atoms with Gasteiger partial charge in [0.15, 0.2) is 0 Å². The van der Waals surface area contributed by atoms with Crippen LogP contribution >= 0.6 is 0 Å². The van der Waals surface area contributed by atoms with E-state index in [0.29, 0.717) is 0 Å². The van der Waals surface area contributed by atoms with Crippen molar-refractivity contribution >= 4 is 17.9 Å². The van der Waals surface area contributed by atoms with E-state index in [4.69, 9.17) is 4.74 Å². The van der Waals surface area contributed by atoms with E-state index in [9.17, 15) is 14.4 Å². The summed E-state index contributed by atoms with van der Waals surface area (Å²) in [5.41, 5.74) is 0.742. The van der Waals surface area contributed by atoms with Gasteiger partial charge in [-0.15, -0.1) is 0 Å². The Balaban J connectivity index is 3.20. The van der Waals surface area contributed by atoms with E-state index in [-0.39, 0.29) is 24.4 Å². The Morgan fingerprint density at radius 3 is 1.97 bits per heavy atom. The quantitative estimate of drug-likeness (QED) is 0.681. The highest BCUT2D eigenvalue weighted by molar-refractivity contribution is 5.91. The molecule has 0 aliphatic rings. The van der Waals surface area contributed by atoms with E-state index in [2.05, 4.69) is 17.6 Å². The van der Waals surface area contributed by atoms with Gasteiger partial charge in [-0.2, -0.15) is 0 Å². The third-order valence-electron chi connectivity index (χ3n) is 4.36. The van der Waals surface area contributed by atoms with E-state index < -0.39 is 23.3 Å². The predicted octanol–water partition coefficient (Wildman–Crippen LogP) is 3.97. The van der Waals surface area contributed by atoms with Crippen LogP contribution in [0.3, 0.4) is 0 Å². The van der Waals surface area contributed by atoms with Gasteiger partial charge in [0.25, 0.3) is 0 Å². The highest BCUT2D eigenvalue weighted by atomic mass is 16.6. The first kappa shape index (κ1) is 26.5. The molecule has 0 aromatic heterocycles. The molecule has 2 N–H and O–H groups in total. The minimum absolute atomic E-state index is 0.264. The Morgan fingerprint density at radius 2 is 1.55 bits per heavy atom. The summed E-state index contributed by atoms with van der Waals surface area (Å²) in [7, 11) is 0. The maximum atomic E-state index is 13.3. The van der Waals surface area contributed by atoms with Crippen LogP contribution < -0.4 is 10.6 Å². The number of carbonyl (C=O) groups excluding carboxylic acids is 3. The third-order valence-corrected chi connectivity index (χ3v) is 4.36. The van der Waals surface area contributed by atoms with Crippen molar-refractivity contribution in [3.63, 3.8) is 0 Å². The van der Waals surface area contributed by atoms with E-state index in [1.54, 1.807) is 20.8 Å². The van der Waals surface area contributed by atoms with Crippen molar-refractivity contribution in [1.82, 2.24) is 15.5 Å². The maximum Gasteiger partial charge on any atom is 0.408 e. The first-order chi connectivity index (χ1) is 14.1. The molecule has 7 heteroatoms. The van der Waals surface area contributed by atoms with Gasteiger partial charge in [0, 0.05) is 11.6 Å². The summed E-state index contributed by atoms with van der Waals surface area (Å²) >= 11 is 0. The number of carbonyl (C=O) groups is 3. The van der Waals surface area contributed by atoms with Gasteiger partial charge in [0.2, 0.25) is 11.8 Å². The second-order valence-electron chi connectivity index (χ2n) is 9.99. The fourth-order valence-electron chi connectivity index (χ4n) is 3.10. The summed E-state index contributed by atoms with van der Waals surface area (Å²) in [5.74, 6) is -0.634. The summed E-state index contributed by atoms with van der Waals surface area (Å²) in [6.45, 7) is 16.4. The molecule has 1 aromatic carbocycles. The average Bonchev–Trinajstić information content (AvgIpc) is 2.61. The fourth-order valence-corrected chi connectivity index (χ4v) is 3.10. The number of hydrogen-bond acceptors (Lipinski definition) is 4. The SMILES string of the molecule is CCc1ccc(C(C(=O)NC(C)(C)C)N(C(=O)CNC(=O)OC(C)(C)C)C(C)C)cc1. The number of nitrogens with zero attached hydrogens (tertiary/aromatic N) is 1. The first-order valence-corrected chi connectivity index (χ1v) is 10.8. The summed E-state index contributed by atoms with van der Waals surface area (Å²) in [6, 6.07) is 6.61. The van der Waals surface area contributed by atoms with Crippen molar-refractivity contribution in [3.8, 4) is 0 Å². The molecule has 0 aliphatic heterocycles. The molecule has 1 rings (SSSR count). The number of amides is 3. The predicted molar refractivity (Wildman–Crippen MR) is 123 cm³/mol. The number of benzene rings is 1. The topological polar surface area (TPSA) is 87.7 Å². The molecule has 1 aromatic rings. The second kappa shape index (κ2) is 10.6. The van der Waals surface area contributed by atoms with Crippen LogP contribution in [0.15, 0.2) is 24.3 Å². The van der Waals surface area contributed by atoms with Crippen molar-refractivity contribution < 1.29 is 19.1 Å². The lowest BCUT2D eigenvalue weighted by molar-refractivity contribution is -0.142. The van der Waals surface area contributed by atoms with E-state index in [0.717, 1.165) is 17.5 Å². The minimum Gasteiger partial charge on any atom is -0.444 e. The molecule has 0 aliphatic carbocycles. The standard InChI is InChI=1S/C24H39N3O4/c1-10-17-11-13-18(14-12-17)20(21(29)26-23(4,5)6)27(16(2)3)19(28)15-25-22(30)31-24(7,8)9/h11-14,16,20H,10,15H2,1-9H3,(H,25,30)(H,26,29).